The molecule has 0 aliphatic rings. The Morgan fingerprint density at radius 1 is 1.00 bits per heavy atom. The molecule has 0 amide bonds. The molecule has 0 saturated heterocycles. The first-order valence-corrected chi connectivity index (χ1v) is 6.48. The lowest BCUT2D eigenvalue weighted by molar-refractivity contribution is 0.178. The minimum atomic E-state index is -0.479. The highest BCUT2D eigenvalue weighted by Crippen LogP contribution is 2.22. The molecule has 2 heteroatoms. The lowest BCUT2D eigenvalue weighted by Gasteiger charge is -2.13. The van der Waals surface area contributed by atoms with Gasteiger partial charge in [-0.2, -0.15) is 0 Å². The van der Waals surface area contributed by atoms with Crippen LogP contribution in [-0.2, 0) is 6.42 Å². The van der Waals surface area contributed by atoms with E-state index >= 15 is 0 Å². The van der Waals surface area contributed by atoms with Crippen molar-refractivity contribution in [3.8, 4) is 5.75 Å². The molecule has 0 aromatic heterocycles. The highest BCUT2D eigenvalue weighted by Gasteiger charge is 2.09. The molecule has 2 aromatic rings. The number of ether oxygens (including phenoxy) is 1. The van der Waals surface area contributed by atoms with Gasteiger partial charge in [-0.3, -0.25) is 0 Å². The van der Waals surface area contributed by atoms with E-state index in [1.54, 1.807) is 7.11 Å². The number of rotatable bonds is 4. The number of aliphatic hydroxyl groups is 1. The number of aryl methyl sites for hydroxylation is 2. The Bertz CT molecular complexity index is 544. The van der Waals surface area contributed by atoms with Crippen LogP contribution in [0.5, 0.6) is 5.75 Å². The molecule has 0 fully saturated rings. The first-order chi connectivity index (χ1) is 9.10. The monoisotopic (exact) mass is 256 g/mol. The lowest BCUT2D eigenvalue weighted by Crippen LogP contribution is -2.02. The molecule has 1 N–H and O–H groups in total. The van der Waals surface area contributed by atoms with Gasteiger partial charge in [-0.1, -0.05) is 30.3 Å². The van der Waals surface area contributed by atoms with Gasteiger partial charge in [0.05, 0.1) is 13.2 Å². The summed E-state index contributed by atoms with van der Waals surface area (Å²) >= 11 is 0. The number of benzene rings is 2. The molecule has 0 bridgehead atoms. The molecular formula is C17H20O2. The van der Waals surface area contributed by atoms with E-state index in [0.717, 1.165) is 16.9 Å². The molecule has 1 unspecified atom stereocenters. The minimum Gasteiger partial charge on any atom is -0.497 e. The summed E-state index contributed by atoms with van der Waals surface area (Å²) in [7, 11) is 1.64. The maximum Gasteiger partial charge on any atom is 0.118 e. The summed E-state index contributed by atoms with van der Waals surface area (Å²) in [5, 5.41) is 10.3. The number of hydrogen-bond donors (Lipinski definition) is 1. The Balaban J connectivity index is 2.10. The summed E-state index contributed by atoms with van der Waals surface area (Å²) in [5.74, 6) is 0.808. The molecular weight excluding hydrogens is 236 g/mol. The Kier molecular flexibility index (Phi) is 4.23. The molecule has 0 saturated carbocycles. The Morgan fingerprint density at radius 2 is 1.68 bits per heavy atom. The molecule has 1 atom stereocenters. The van der Waals surface area contributed by atoms with Crippen LogP contribution < -0.4 is 4.74 Å². The van der Waals surface area contributed by atoms with Gasteiger partial charge < -0.3 is 9.84 Å². The lowest BCUT2D eigenvalue weighted by atomic mass is 9.98. The van der Waals surface area contributed by atoms with Gasteiger partial charge in [0.15, 0.2) is 0 Å². The maximum atomic E-state index is 10.3. The van der Waals surface area contributed by atoms with Crippen LogP contribution >= 0.6 is 0 Å². The van der Waals surface area contributed by atoms with Crippen LogP contribution in [-0.4, -0.2) is 12.2 Å². The van der Waals surface area contributed by atoms with E-state index in [2.05, 4.69) is 32.0 Å². The van der Waals surface area contributed by atoms with Crippen molar-refractivity contribution in [1.82, 2.24) is 0 Å². The summed E-state index contributed by atoms with van der Waals surface area (Å²) in [4.78, 5) is 0. The highest BCUT2D eigenvalue weighted by molar-refractivity contribution is 5.32. The Hall–Kier alpha value is -1.80. The van der Waals surface area contributed by atoms with E-state index in [0.29, 0.717) is 6.42 Å². The van der Waals surface area contributed by atoms with Crippen molar-refractivity contribution in [3.63, 3.8) is 0 Å². The van der Waals surface area contributed by atoms with Gasteiger partial charge in [0.25, 0.3) is 0 Å². The van der Waals surface area contributed by atoms with Gasteiger partial charge in [0, 0.05) is 6.42 Å². The normalized spacial score (nSPS) is 12.2. The topological polar surface area (TPSA) is 29.5 Å². The summed E-state index contributed by atoms with van der Waals surface area (Å²) in [6.07, 6.45) is 0.154. The van der Waals surface area contributed by atoms with Crippen molar-refractivity contribution in [2.24, 2.45) is 0 Å². The highest BCUT2D eigenvalue weighted by atomic mass is 16.5. The Morgan fingerprint density at radius 3 is 2.26 bits per heavy atom. The van der Waals surface area contributed by atoms with Gasteiger partial charge in [0.1, 0.15) is 5.75 Å². The zero-order valence-electron chi connectivity index (χ0n) is 11.7. The first-order valence-electron chi connectivity index (χ1n) is 6.48. The van der Waals surface area contributed by atoms with Crippen molar-refractivity contribution in [3.05, 3.63) is 64.7 Å². The number of hydrogen-bond acceptors (Lipinski definition) is 2. The first kappa shape index (κ1) is 13.6. The number of aliphatic hydroxyl groups excluding tert-OH is 1. The second kappa shape index (κ2) is 5.89. The van der Waals surface area contributed by atoms with E-state index < -0.39 is 6.10 Å². The fraction of sp³-hybridized carbons (Fsp3) is 0.294. The van der Waals surface area contributed by atoms with E-state index in [1.807, 2.05) is 24.3 Å². The average molecular weight is 256 g/mol. The summed E-state index contributed by atoms with van der Waals surface area (Å²) < 4.78 is 5.11. The van der Waals surface area contributed by atoms with Crippen molar-refractivity contribution in [1.29, 1.82) is 0 Å². The van der Waals surface area contributed by atoms with Crippen LogP contribution in [0.15, 0.2) is 42.5 Å². The van der Waals surface area contributed by atoms with Gasteiger partial charge in [0.2, 0.25) is 0 Å². The molecule has 0 heterocycles. The summed E-state index contributed by atoms with van der Waals surface area (Å²) in [5.41, 5.74) is 4.62. The molecule has 0 spiro atoms. The predicted molar refractivity (Wildman–Crippen MR) is 77.6 cm³/mol. The molecule has 2 rings (SSSR count). The van der Waals surface area contributed by atoms with Crippen LogP contribution in [0.2, 0.25) is 0 Å². The molecule has 0 aliphatic carbocycles. The fourth-order valence-corrected chi connectivity index (χ4v) is 2.10. The van der Waals surface area contributed by atoms with Crippen molar-refractivity contribution in [2.45, 2.75) is 26.4 Å². The van der Waals surface area contributed by atoms with E-state index in [-0.39, 0.29) is 0 Å². The predicted octanol–water partition coefficient (Wildman–Crippen LogP) is 3.59. The third-order valence-corrected chi connectivity index (χ3v) is 3.50. The van der Waals surface area contributed by atoms with E-state index in [1.165, 1.54) is 11.1 Å². The van der Waals surface area contributed by atoms with Crippen molar-refractivity contribution < 1.29 is 9.84 Å². The van der Waals surface area contributed by atoms with Gasteiger partial charge >= 0.3 is 0 Å². The van der Waals surface area contributed by atoms with Crippen LogP contribution in [0.4, 0.5) is 0 Å². The van der Waals surface area contributed by atoms with Crippen LogP contribution in [0.1, 0.15) is 28.4 Å². The zero-order chi connectivity index (χ0) is 13.8. The summed E-state index contributed by atoms with van der Waals surface area (Å²) in [6.45, 7) is 4.19. The quantitative estimate of drug-likeness (QED) is 0.906. The molecule has 2 aromatic carbocycles. The SMILES string of the molecule is COc1ccc(C(O)Cc2ccc(C)c(C)c2)cc1. The van der Waals surface area contributed by atoms with Crippen LogP contribution in [0.3, 0.4) is 0 Å². The molecule has 19 heavy (non-hydrogen) atoms. The van der Waals surface area contributed by atoms with E-state index in [4.69, 9.17) is 4.74 Å². The number of methoxy groups -OCH3 is 1. The standard InChI is InChI=1S/C17H20O2/c1-12-4-5-14(10-13(12)2)11-17(18)15-6-8-16(19-3)9-7-15/h4-10,17-18H,11H2,1-3H3. The average Bonchev–Trinajstić information content (AvgIpc) is 2.43. The second-order valence-electron chi connectivity index (χ2n) is 4.91. The van der Waals surface area contributed by atoms with Crippen LogP contribution in [0, 0.1) is 13.8 Å². The third-order valence-electron chi connectivity index (χ3n) is 3.50. The van der Waals surface area contributed by atoms with Crippen molar-refractivity contribution >= 4 is 0 Å². The minimum absolute atomic E-state index is 0.479. The Labute approximate surface area is 114 Å². The van der Waals surface area contributed by atoms with Gasteiger partial charge in [-0.15, -0.1) is 0 Å². The molecule has 0 aliphatic heterocycles. The van der Waals surface area contributed by atoms with Crippen LogP contribution in [0.25, 0.3) is 0 Å². The van der Waals surface area contributed by atoms with Crippen molar-refractivity contribution in [2.75, 3.05) is 7.11 Å². The molecule has 100 valence electrons. The van der Waals surface area contributed by atoms with Gasteiger partial charge in [-0.25, -0.2) is 0 Å². The smallest absolute Gasteiger partial charge is 0.118 e. The molecule has 0 radical (unpaired) electrons. The van der Waals surface area contributed by atoms with Gasteiger partial charge in [-0.05, 0) is 48.2 Å². The third kappa shape index (κ3) is 3.36. The maximum absolute atomic E-state index is 10.3. The largest absolute Gasteiger partial charge is 0.497 e. The summed E-state index contributed by atoms with van der Waals surface area (Å²) in [6, 6.07) is 13.9. The fourth-order valence-electron chi connectivity index (χ4n) is 2.10. The van der Waals surface area contributed by atoms with E-state index in [9.17, 15) is 5.11 Å². The zero-order valence-corrected chi connectivity index (χ0v) is 11.7. The second-order valence-corrected chi connectivity index (χ2v) is 4.91. The molecule has 2 nitrogen and oxygen atoms in total.